The zero-order valence-corrected chi connectivity index (χ0v) is 5.07. The Morgan fingerprint density at radius 1 is 1.50 bits per heavy atom. The van der Waals surface area contributed by atoms with Crippen LogP contribution in [0.3, 0.4) is 0 Å². The Kier molecular flexibility index (Phi) is 2.00. The summed E-state index contributed by atoms with van der Waals surface area (Å²) < 4.78 is 0. The molecule has 0 amide bonds. The summed E-state index contributed by atoms with van der Waals surface area (Å²) in [5.74, 6) is 0. The molecule has 46 valence electrons. The Balaban J connectivity index is 2.36. The average molecular weight is 113 g/mol. The van der Waals surface area contributed by atoms with Gasteiger partial charge in [0.25, 0.3) is 0 Å². The lowest BCUT2D eigenvalue weighted by molar-refractivity contribution is 0.649. The van der Waals surface area contributed by atoms with Crippen LogP contribution in [0.1, 0.15) is 6.92 Å². The highest BCUT2D eigenvalue weighted by atomic mass is 15.1. The molecule has 0 unspecified atom stereocenters. The van der Waals surface area contributed by atoms with Gasteiger partial charge in [-0.05, 0) is 6.92 Å². The van der Waals surface area contributed by atoms with Crippen LogP contribution >= 0.6 is 0 Å². The van der Waals surface area contributed by atoms with Crippen LogP contribution in [0, 0.1) is 0 Å². The Hall–Kier alpha value is -0.410. The van der Waals surface area contributed by atoms with Gasteiger partial charge in [0.1, 0.15) is 0 Å². The molecule has 0 bridgehead atoms. The van der Waals surface area contributed by atoms with E-state index in [4.69, 9.17) is 0 Å². The van der Waals surface area contributed by atoms with Crippen molar-refractivity contribution in [2.45, 2.75) is 6.92 Å². The van der Waals surface area contributed by atoms with E-state index in [0.29, 0.717) is 0 Å². The summed E-state index contributed by atoms with van der Waals surface area (Å²) in [5.41, 5.74) is 1.18. The molecule has 0 aromatic rings. The van der Waals surface area contributed by atoms with E-state index in [1.807, 2.05) is 6.92 Å². The van der Waals surface area contributed by atoms with Crippen molar-refractivity contribution in [3.8, 4) is 0 Å². The van der Waals surface area contributed by atoms with Gasteiger partial charge in [-0.1, -0.05) is 0 Å². The minimum absolute atomic E-state index is 0.763. The fourth-order valence-electron chi connectivity index (χ4n) is 0.634. The van der Waals surface area contributed by atoms with Crippen LogP contribution in [-0.4, -0.2) is 25.6 Å². The fourth-order valence-corrected chi connectivity index (χ4v) is 0.634. The van der Waals surface area contributed by atoms with Gasteiger partial charge < -0.3 is 0 Å². The SMILES string of the molecule is CC1=NCNCNC1. The van der Waals surface area contributed by atoms with Crippen LogP contribution in [-0.2, 0) is 0 Å². The summed E-state index contributed by atoms with van der Waals surface area (Å²) in [4.78, 5) is 4.17. The molecule has 0 aromatic heterocycles. The molecule has 0 aromatic carbocycles. The molecule has 3 heteroatoms. The Morgan fingerprint density at radius 3 is 3.25 bits per heavy atom. The molecule has 1 aliphatic rings. The minimum Gasteiger partial charge on any atom is -0.299 e. The predicted octanol–water partition coefficient (Wildman–Crippen LogP) is -0.445. The normalized spacial score (nSPS) is 21.9. The van der Waals surface area contributed by atoms with Gasteiger partial charge in [-0.25, -0.2) is 0 Å². The third-order valence-corrected chi connectivity index (χ3v) is 1.09. The molecule has 0 radical (unpaired) electrons. The molecular formula is C5H11N3. The van der Waals surface area contributed by atoms with E-state index >= 15 is 0 Å². The Morgan fingerprint density at radius 2 is 2.38 bits per heavy atom. The number of hydrogen-bond acceptors (Lipinski definition) is 3. The van der Waals surface area contributed by atoms with Gasteiger partial charge in [0.15, 0.2) is 0 Å². The number of rotatable bonds is 0. The first-order valence-corrected chi connectivity index (χ1v) is 2.81. The van der Waals surface area contributed by atoms with Gasteiger partial charge >= 0.3 is 0 Å². The van der Waals surface area contributed by atoms with Crippen molar-refractivity contribution in [3.05, 3.63) is 0 Å². The molecule has 2 N–H and O–H groups in total. The molecule has 0 aliphatic carbocycles. The lowest BCUT2D eigenvalue weighted by Gasteiger charge is -1.95. The summed E-state index contributed by atoms with van der Waals surface area (Å²) in [6.45, 7) is 4.59. The number of hydrogen-bond donors (Lipinski definition) is 2. The van der Waals surface area contributed by atoms with E-state index in [1.165, 1.54) is 5.71 Å². The molecular weight excluding hydrogens is 102 g/mol. The van der Waals surface area contributed by atoms with Crippen LogP contribution in [0.25, 0.3) is 0 Å². The maximum absolute atomic E-state index is 4.17. The number of aliphatic imine (C=N–C) groups is 1. The number of nitrogens with zero attached hydrogens (tertiary/aromatic N) is 1. The standard InChI is InChI=1S/C5H11N3/c1-5-2-6-3-7-4-8-5/h6-7H,2-4H2,1H3. The number of nitrogens with one attached hydrogen (secondary N) is 2. The van der Waals surface area contributed by atoms with Crippen molar-refractivity contribution in [2.24, 2.45) is 4.99 Å². The van der Waals surface area contributed by atoms with E-state index in [-0.39, 0.29) is 0 Å². The van der Waals surface area contributed by atoms with Gasteiger partial charge in [-0.2, -0.15) is 0 Å². The van der Waals surface area contributed by atoms with Crippen LogP contribution in [0.2, 0.25) is 0 Å². The summed E-state index contributed by atoms with van der Waals surface area (Å²) in [6.07, 6.45) is 0. The molecule has 1 heterocycles. The maximum Gasteiger partial charge on any atom is 0.0894 e. The summed E-state index contributed by atoms with van der Waals surface area (Å²) in [6, 6.07) is 0. The van der Waals surface area contributed by atoms with E-state index in [2.05, 4.69) is 15.6 Å². The average Bonchev–Trinajstić information content (AvgIpc) is 1.94. The quantitative estimate of drug-likeness (QED) is 0.446. The molecule has 0 fully saturated rings. The Labute approximate surface area is 49.2 Å². The van der Waals surface area contributed by atoms with Crippen LogP contribution < -0.4 is 10.6 Å². The third kappa shape index (κ3) is 1.60. The largest absolute Gasteiger partial charge is 0.299 e. The topological polar surface area (TPSA) is 36.4 Å². The fraction of sp³-hybridized carbons (Fsp3) is 0.800. The first-order chi connectivity index (χ1) is 3.89. The zero-order chi connectivity index (χ0) is 5.82. The van der Waals surface area contributed by atoms with E-state index in [1.54, 1.807) is 0 Å². The van der Waals surface area contributed by atoms with E-state index in [9.17, 15) is 0 Å². The van der Waals surface area contributed by atoms with Crippen molar-refractivity contribution < 1.29 is 0 Å². The first-order valence-electron chi connectivity index (χ1n) is 2.81. The second-order valence-corrected chi connectivity index (χ2v) is 1.91. The maximum atomic E-state index is 4.17. The van der Waals surface area contributed by atoms with Crippen LogP contribution in [0.15, 0.2) is 4.99 Å². The molecule has 3 nitrogen and oxygen atoms in total. The molecule has 1 aliphatic heterocycles. The molecule has 0 saturated heterocycles. The van der Waals surface area contributed by atoms with Crippen LogP contribution in [0.4, 0.5) is 0 Å². The summed E-state index contributed by atoms with van der Waals surface area (Å²) in [5, 5.41) is 6.23. The molecule has 8 heavy (non-hydrogen) atoms. The highest BCUT2D eigenvalue weighted by molar-refractivity contribution is 5.83. The predicted molar refractivity (Wildman–Crippen MR) is 34.0 cm³/mol. The smallest absolute Gasteiger partial charge is 0.0894 e. The first kappa shape index (κ1) is 5.72. The summed E-state index contributed by atoms with van der Waals surface area (Å²) in [7, 11) is 0. The van der Waals surface area contributed by atoms with Gasteiger partial charge in [-0.3, -0.25) is 15.6 Å². The second kappa shape index (κ2) is 2.79. The van der Waals surface area contributed by atoms with Gasteiger partial charge in [-0.15, -0.1) is 0 Å². The van der Waals surface area contributed by atoms with Crippen molar-refractivity contribution in [1.29, 1.82) is 0 Å². The highest BCUT2D eigenvalue weighted by Gasteiger charge is 1.93. The van der Waals surface area contributed by atoms with Crippen molar-refractivity contribution >= 4 is 5.71 Å². The van der Waals surface area contributed by atoms with Gasteiger partial charge in [0, 0.05) is 18.9 Å². The zero-order valence-electron chi connectivity index (χ0n) is 5.07. The highest BCUT2D eigenvalue weighted by Crippen LogP contribution is 1.76. The van der Waals surface area contributed by atoms with Gasteiger partial charge in [0.05, 0.1) is 6.67 Å². The lowest BCUT2D eigenvalue weighted by atomic mass is 10.4. The molecule has 0 spiro atoms. The minimum atomic E-state index is 0.763. The molecule has 0 saturated carbocycles. The van der Waals surface area contributed by atoms with Gasteiger partial charge in [0.2, 0.25) is 0 Å². The van der Waals surface area contributed by atoms with Crippen molar-refractivity contribution in [3.63, 3.8) is 0 Å². The van der Waals surface area contributed by atoms with Crippen LogP contribution in [0.5, 0.6) is 0 Å². The summed E-state index contributed by atoms with van der Waals surface area (Å²) >= 11 is 0. The van der Waals surface area contributed by atoms with E-state index < -0.39 is 0 Å². The third-order valence-electron chi connectivity index (χ3n) is 1.09. The monoisotopic (exact) mass is 113 g/mol. The van der Waals surface area contributed by atoms with E-state index in [0.717, 1.165) is 19.9 Å². The van der Waals surface area contributed by atoms with Crippen molar-refractivity contribution in [2.75, 3.05) is 19.9 Å². The molecule has 0 atom stereocenters. The second-order valence-electron chi connectivity index (χ2n) is 1.91. The molecule has 1 rings (SSSR count). The van der Waals surface area contributed by atoms with Crippen molar-refractivity contribution in [1.82, 2.24) is 10.6 Å². The lowest BCUT2D eigenvalue weighted by Crippen LogP contribution is -2.28. The Bertz CT molecular complexity index is 97.8.